The molecule has 8 heteroatoms. The Hall–Kier alpha value is -3.55. The Morgan fingerprint density at radius 3 is 2.48 bits per heavy atom. The predicted octanol–water partition coefficient (Wildman–Crippen LogP) is 2.47. The maximum Gasteiger partial charge on any atom is 0.307 e. The van der Waals surface area contributed by atoms with E-state index in [1.54, 1.807) is 37.4 Å². The quantitative estimate of drug-likeness (QED) is 0.719. The summed E-state index contributed by atoms with van der Waals surface area (Å²) in [7, 11) is 0. The number of nitrogens with one attached hydrogen (secondary N) is 1. The minimum Gasteiger partial charge on any atom is -0.481 e. The van der Waals surface area contributed by atoms with Crippen molar-refractivity contribution < 1.29 is 14.7 Å². The zero-order valence-corrected chi connectivity index (χ0v) is 15.2. The van der Waals surface area contributed by atoms with Gasteiger partial charge >= 0.3 is 5.97 Å². The summed E-state index contributed by atoms with van der Waals surface area (Å²) < 4.78 is 1.48. The van der Waals surface area contributed by atoms with Crippen LogP contribution in [0.1, 0.15) is 33.0 Å². The summed E-state index contributed by atoms with van der Waals surface area (Å²) in [5.41, 5.74) is 3.68. The maximum atomic E-state index is 12.6. The Bertz CT molecular complexity index is 1010. The molecule has 3 aromatic rings. The summed E-state index contributed by atoms with van der Waals surface area (Å²) >= 11 is 0. The third-order valence-corrected chi connectivity index (χ3v) is 3.86. The van der Waals surface area contributed by atoms with Gasteiger partial charge in [-0.05, 0) is 44.5 Å². The van der Waals surface area contributed by atoms with Crippen LogP contribution in [0.2, 0.25) is 0 Å². The van der Waals surface area contributed by atoms with Gasteiger partial charge in [0.2, 0.25) is 0 Å². The lowest BCUT2D eigenvalue weighted by Gasteiger charge is -2.06. The van der Waals surface area contributed by atoms with Crippen LogP contribution in [-0.2, 0) is 11.2 Å². The van der Waals surface area contributed by atoms with Gasteiger partial charge in [-0.1, -0.05) is 12.1 Å². The van der Waals surface area contributed by atoms with Crippen LogP contribution in [-0.4, -0.2) is 36.7 Å². The zero-order chi connectivity index (χ0) is 19.6. The highest BCUT2D eigenvalue weighted by Crippen LogP contribution is 2.15. The van der Waals surface area contributed by atoms with Crippen LogP contribution in [0.4, 0.5) is 5.69 Å². The van der Waals surface area contributed by atoms with E-state index >= 15 is 0 Å². The molecule has 0 aliphatic rings. The van der Waals surface area contributed by atoms with Crippen molar-refractivity contribution in [2.75, 3.05) is 5.32 Å². The van der Waals surface area contributed by atoms with E-state index in [2.05, 4.69) is 20.4 Å². The summed E-state index contributed by atoms with van der Waals surface area (Å²) in [5.74, 6) is -0.863. The number of amides is 1. The molecular formula is C19H19N5O3. The van der Waals surface area contributed by atoms with E-state index in [0.717, 1.165) is 11.4 Å². The molecule has 1 aromatic carbocycles. The molecule has 138 valence electrons. The van der Waals surface area contributed by atoms with Crippen LogP contribution in [0.15, 0.2) is 36.5 Å². The van der Waals surface area contributed by atoms with Crippen LogP contribution in [0.25, 0.3) is 5.95 Å². The Balaban J connectivity index is 1.84. The minimum absolute atomic E-state index is 0.106. The van der Waals surface area contributed by atoms with Gasteiger partial charge in [-0.15, -0.1) is 0 Å². The lowest BCUT2D eigenvalue weighted by molar-refractivity contribution is -0.136. The molecule has 0 atom stereocenters. The molecule has 27 heavy (non-hydrogen) atoms. The van der Waals surface area contributed by atoms with Crippen LogP contribution in [0, 0.1) is 20.8 Å². The molecule has 1 amide bonds. The first-order valence-electron chi connectivity index (χ1n) is 8.33. The Labute approximate surface area is 155 Å². The van der Waals surface area contributed by atoms with Gasteiger partial charge in [0.05, 0.1) is 17.7 Å². The number of hydrogen-bond acceptors (Lipinski definition) is 5. The van der Waals surface area contributed by atoms with E-state index in [0.29, 0.717) is 28.5 Å². The highest BCUT2D eigenvalue weighted by molar-refractivity contribution is 6.05. The van der Waals surface area contributed by atoms with Crippen LogP contribution >= 0.6 is 0 Å². The fourth-order valence-corrected chi connectivity index (χ4v) is 2.73. The number of nitrogens with zero attached hydrogens (tertiary/aromatic N) is 4. The van der Waals surface area contributed by atoms with Gasteiger partial charge in [0.25, 0.3) is 11.9 Å². The third-order valence-electron chi connectivity index (χ3n) is 3.86. The van der Waals surface area contributed by atoms with Gasteiger partial charge in [-0.25, -0.2) is 14.6 Å². The molecular weight excluding hydrogens is 346 g/mol. The number of anilines is 1. The monoisotopic (exact) mass is 365 g/mol. The number of aromatic nitrogens is 4. The fraction of sp³-hybridized carbons (Fsp3) is 0.211. The van der Waals surface area contributed by atoms with E-state index in [9.17, 15) is 9.59 Å². The van der Waals surface area contributed by atoms with Crippen molar-refractivity contribution >= 4 is 17.6 Å². The van der Waals surface area contributed by atoms with Crippen molar-refractivity contribution in [2.45, 2.75) is 27.2 Å². The summed E-state index contributed by atoms with van der Waals surface area (Å²) in [4.78, 5) is 32.2. The highest BCUT2D eigenvalue weighted by Gasteiger charge is 2.16. The van der Waals surface area contributed by atoms with Crippen molar-refractivity contribution in [1.29, 1.82) is 0 Å². The molecule has 0 saturated heterocycles. The molecule has 2 heterocycles. The van der Waals surface area contributed by atoms with E-state index in [-0.39, 0.29) is 12.3 Å². The molecule has 0 fully saturated rings. The molecule has 0 spiro atoms. The van der Waals surface area contributed by atoms with Crippen LogP contribution in [0.5, 0.6) is 0 Å². The highest BCUT2D eigenvalue weighted by atomic mass is 16.4. The lowest BCUT2D eigenvalue weighted by Crippen LogP contribution is -2.13. The summed E-state index contributed by atoms with van der Waals surface area (Å²) in [6, 6.07) is 8.60. The number of carboxylic acid groups (broad SMARTS) is 1. The first-order valence-corrected chi connectivity index (χ1v) is 8.33. The van der Waals surface area contributed by atoms with Gasteiger partial charge in [0.15, 0.2) is 0 Å². The fourth-order valence-electron chi connectivity index (χ4n) is 2.73. The second kappa shape index (κ2) is 7.36. The summed E-state index contributed by atoms with van der Waals surface area (Å²) in [6.07, 6.45) is 1.48. The normalized spacial score (nSPS) is 10.6. The van der Waals surface area contributed by atoms with E-state index in [4.69, 9.17) is 5.11 Å². The van der Waals surface area contributed by atoms with Gasteiger partial charge < -0.3 is 10.4 Å². The van der Waals surface area contributed by atoms with Crippen molar-refractivity contribution in [3.05, 3.63) is 64.7 Å². The number of carbonyl (C=O) groups excluding carboxylic acids is 1. The largest absolute Gasteiger partial charge is 0.481 e. The van der Waals surface area contributed by atoms with Gasteiger partial charge in [-0.2, -0.15) is 5.10 Å². The number of aliphatic carboxylic acids is 1. The second-order valence-corrected chi connectivity index (χ2v) is 6.25. The molecule has 0 saturated carbocycles. The number of rotatable bonds is 5. The first kappa shape index (κ1) is 18.2. The average molecular weight is 365 g/mol. The van der Waals surface area contributed by atoms with Gasteiger partial charge in [0, 0.05) is 23.3 Å². The van der Waals surface area contributed by atoms with E-state index in [1.165, 1.54) is 4.68 Å². The smallest absolute Gasteiger partial charge is 0.307 e. The topological polar surface area (TPSA) is 110 Å². The first-order chi connectivity index (χ1) is 12.8. The molecule has 0 radical (unpaired) electrons. The molecule has 8 nitrogen and oxygen atoms in total. The number of carbonyl (C=O) groups is 2. The van der Waals surface area contributed by atoms with Crippen molar-refractivity contribution in [1.82, 2.24) is 19.7 Å². The summed E-state index contributed by atoms with van der Waals surface area (Å²) in [5, 5.41) is 16.0. The van der Waals surface area contributed by atoms with Gasteiger partial charge in [-0.3, -0.25) is 9.59 Å². The molecule has 0 bridgehead atoms. The van der Waals surface area contributed by atoms with Gasteiger partial charge in [0.1, 0.15) is 0 Å². The van der Waals surface area contributed by atoms with Crippen LogP contribution in [0.3, 0.4) is 0 Å². The number of hydrogen-bond donors (Lipinski definition) is 2. The zero-order valence-electron chi connectivity index (χ0n) is 15.2. The minimum atomic E-state index is -0.927. The van der Waals surface area contributed by atoms with Crippen LogP contribution < -0.4 is 5.32 Å². The van der Waals surface area contributed by atoms with E-state index < -0.39 is 5.97 Å². The molecule has 0 aliphatic carbocycles. The van der Waals surface area contributed by atoms with Crippen molar-refractivity contribution in [3.63, 3.8) is 0 Å². The Kier molecular flexibility index (Phi) is 4.98. The standard InChI is InChI=1S/C19H19N5O3/c1-11-7-12(2)21-19(20-11)24-10-16(13(3)23-24)18(27)22-15-6-4-5-14(8-15)9-17(25)26/h4-8,10H,9H2,1-3H3,(H,22,27)(H,25,26). The SMILES string of the molecule is Cc1cc(C)nc(-n2cc(C(=O)Nc3cccc(CC(=O)O)c3)c(C)n2)n1. The number of carboxylic acids is 1. The molecule has 2 N–H and O–H groups in total. The molecule has 2 aromatic heterocycles. The Morgan fingerprint density at radius 2 is 1.81 bits per heavy atom. The third kappa shape index (κ3) is 4.35. The predicted molar refractivity (Wildman–Crippen MR) is 99.1 cm³/mol. The molecule has 0 aliphatic heterocycles. The maximum absolute atomic E-state index is 12.6. The lowest BCUT2D eigenvalue weighted by atomic mass is 10.1. The number of aryl methyl sites for hydroxylation is 3. The second-order valence-electron chi connectivity index (χ2n) is 6.25. The van der Waals surface area contributed by atoms with E-state index in [1.807, 2.05) is 19.9 Å². The Morgan fingerprint density at radius 1 is 1.11 bits per heavy atom. The average Bonchev–Trinajstić information content (AvgIpc) is 2.96. The van der Waals surface area contributed by atoms with Crippen molar-refractivity contribution in [3.8, 4) is 5.95 Å². The summed E-state index contributed by atoms with van der Waals surface area (Å²) in [6.45, 7) is 5.47. The molecule has 0 unspecified atom stereocenters. The number of benzene rings is 1. The molecule has 3 rings (SSSR count). The van der Waals surface area contributed by atoms with Crippen molar-refractivity contribution in [2.24, 2.45) is 0 Å².